The van der Waals surface area contributed by atoms with Crippen molar-refractivity contribution in [1.29, 1.82) is 0 Å². The largest absolute Gasteiger partial charge is 0.396 e. The van der Waals surface area contributed by atoms with E-state index in [9.17, 15) is 8.42 Å². The van der Waals surface area contributed by atoms with Gasteiger partial charge in [0, 0.05) is 25.3 Å². The SMILES string of the molecule is CCN(CCCO)S(=O)(=O)c1ccc(C(N)=S)cc1Cl. The zero-order chi connectivity index (χ0) is 15.3. The maximum atomic E-state index is 12.5. The van der Waals surface area contributed by atoms with Crippen molar-refractivity contribution in [2.75, 3.05) is 19.7 Å². The molecule has 0 amide bonds. The average Bonchev–Trinajstić information content (AvgIpc) is 2.38. The first kappa shape index (κ1) is 17.3. The fourth-order valence-electron chi connectivity index (χ4n) is 1.70. The van der Waals surface area contributed by atoms with E-state index in [4.69, 9.17) is 34.7 Å². The van der Waals surface area contributed by atoms with Crippen molar-refractivity contribution in [2.45, 2.75) is 18.2 Å². The molecule has 0 atom stereocenters. The fourth-order valence-corrected chi connectivity index (χ4v) is 3.83. The number of aliphatic hydroxyl groups is 1. The van der Waals surface area contributed by atoms with Crippen LogP contribution in [0.25, 0.3) is 0 Å². The van der Waals surface area contributed by atoms with Crippen LogP contribution in [0.1, 0.15) is 18.9 Å². The highest BCUT2D eigenvalue weighted by atomic mass is 35.5. The molecule has 0 spiro atoms. The van der Waals surface area contributed by atoms with E-state index >= 15 is 0 Å². The van der Waals surface area contributed by atoms with E-state index in [-0.39, 0.29) is 28.1 Å². The molecule has 0 aliphatic carbocycles. The summed E-state index contributed by atoms with van der Waals surface area (Å²) in [5.74, 6) is 0. The van der Waals surface area contributed by atoms with Crippen molar-refractivity contribution < 1.29 is 13.5 Å². The Kier molecular flexibility index (Phi) is 6.35. The quantitative estimate of drug-likeness (QED) is 0.735. The Morgan fingerprint density at radius 3 is 2.60 bits per heavy atom. The third-order valence-electron chi connectivity index (χ3n) is 2.75. The van der Waals surface area contributed by atoms with E-state index in [2.05, 4.69) is 0 Å². The van der Waals surface area contributed by atoms with Crippen molar-refractivity contribution in [3.8, 4) is 0 Å². The minimum absolute atomic E-state index is 0.0129. The van der Waals surface area contributed by atoms with Crippen LogP contribution < -0.4 is 5.73 Å². The Morgan fingerprint density at radius 2 is 2.15 bits per heavy atom. The molecule has 0 saturated carbocycles. The molecule has 112 valence electrons. The molecule has 0 radical (unpaired) electrons. The summed E-state index contributed by atoms with van der Waals surface area (Å²) in [7, 11) is -3.69. The van der Waals surface area contributed by atoms with Crippen LogP contribution in [0.4, 0.5) is 0 Å². The van der Waals surface area contributed by atoms with E-state index in [1.54, 1.807) is 6.92 Å². The number of rotatable bonds is 7. The minimum atomic E-state index is -3.69. The number of nitrogens with zero attached hydrogens (tertiary/aromatic N) is 1. The van der Waals surface area contributed by atoms with E-state index in [0.29, 0.717) is 18.5 Å². The van der Waals surface area contributed by atoms with Crippen molar-refractivity contribution in [1.82, 2.24) is 4.31 Å². The molecule has 0 unspecified atom stereocenters. The van der Waals surface area contributed by atoms with Gasteiger partial charge in [0.1, 0.15) is 9.88 Å². The van der Waals surface area contributed by atoms with Crippen LogP contribution in [0, 0.1) is 0 Å². The van der Waals surface area contributed by atoms with Gasteiger partial charge in [-0.3, -0.25) is 0 Å². The molecule has 0 heterocycles. The third kappa shape index (κ3) is 3.89. The summed E-state index contributed by atoms with van der Waals surface area (Å²) in [6, 6.07) is 4.37. The number of thiocarbonyl (C=S) groups is 1. The summed E-state index contributed by atoms with van der Waals surface area (Å²) >= 11 is 10.8. The van der Waals surface area contributed by atoms with Gasteiger partial charge in [0.25, 0.3) is 0 Å². The Labute approximate surface area is 129 Å². The maximum Gasteiger partial charge on any atom is 0.244 e. The zero-order valence-corrected chi connectivity index (χ0v) is 13.4. The van der Waals surface area contributed by atoms with E-state index in [1.807, 2.05) is 0 Å². The highest BCUT2D eigenvalue weighted by molar-refractivity contribution is 7.89. The molecular formula is C12H17ClN2O3S2. The second-order valence-electron chi connectivity index (χ2n) is 4.08. The van der Waals surface area contributed by atoms with Crippen LogP contribution in [0.2, 0.25) is 5.02 Å². The van der Waals surface area contributed by atoms with Crippen LogP contribution in [0.15, 0.2) is 23.1 Å². The van der Waals surface area contributed by atoms with Gasteiger partial charge in [0.2, 0.25) is 10.0 Å². The molecule has 1 aromatic carbocycles. The third-order valence-corrected chi connectivity index (χ3v) is 5.45. The molecule has 1 rings (SSSR count). The standard InChI is InChI=1S/C12H17ClN2O3S2/c1-2-15(6-3-7-16)20(17,18)11-5-4-9(12(14)19)8-10(11)13/h4-5,8,16H,2-3,6-7H2,1H3,(H2,14,19). The molecule has 0 aliphatic rings. The molecular weight excluding hydrogens is 320 g/mol. The predicted molar refractivity (Wildman–Crippen MR) is 83.5 cm³/mol. The van der Waals surface area contributed by atoms with Crippen molar-refractivity contribution in [3.05, 3.63) is 28.8 Å². The van der Waals surface area contributed by atoms with Gasteiger partial charge in [-0.2, -0.15) is 4.31 Å². The molecule has 20 heavy (non-hydrogen) atoms. The summed E-state index contributed by atoms with van der Waals surface area (Å²) in [5, 5.41) is 8.90. The van der Waals surface area contributed by atoms with Gasteiger partial charge in [0.15, 0.2) is 0 Å². The lowest BCUT2D eigenvalue weighted by Gasteiger charge is -2.21. The van der Waals surface area contributed by atoms with Gasteiger partial charge in [-0.15, -0.1) is 0 Å². The van der Waals surface area contributed by atoms with Crippen LogP contribution in [-0.4, -0.2) is 42.5 Å². The molecule has 0 aromatic heterocycles. The summed E-state index contributed by atoms with van der Waals surface area (Å²) in [6.45, 7) is 2.20. The first-order chi connectivity index (χ1) is 9.34. The van der Waals surface area contributed by atoms with Crippen LogP contribution in [0.5, 0.6) is 0 Å². The molecule has 0 bridgehead atoms. The summed E-state index contributed by atoms with van der Waals surface area (Å²) < 4.78 is 26.2. The molecule has 0 saturated heterocycles. The van der Waals surface area contributed by atoms with Crippen LogP contribution in [0.3, 0.4) is 0 Å². The number of nitrogens with two attached hydrogens (primary N) is 1. The first-order valence-electron chi connectivity index (χ1n) is 6.05. The first-order valence-corrected chi connectivity index (χ1v) is 8.27. The highest BCUT2D eigenvalue weighted by Gasteiger charge is 2.25. The van der Waals surface area contributed by atoms with Crippen molar-refractivity contribution in [2.24, 2.45) is 5.73 Å². The van der Waals surface area contributed by atoms with E-state index < -0.39 is 10.0 Å². The van der Waals surface area contributed by atoms with Gasteiger partial charge >= 0.3 is 0 Å². The topological polar surface area (TPSA) is 83.6 Å². The molecule has 8 heteroatoms. The second-order valence-corrected chi connectivity index (χ2v) is 6.84. The monoisotopic (exact) mass is 336 g/mol. The molecule has 1 aromatic rings. The molecule has 0 aliphatic heterocycles. The highest BCUT2D eigenvalue weighted by Crippen LogP contribution is 2.26. The van der Waals surface area contributed by atoms with Gasteiger partial charge in [-0.1, -0.05) is 36.8 Å². The lowest BCUT2D eigenvalue weighted by Crippen LogP contribution is -2.32. The maximum absolute atomic E-state index is 12.5. The zero-order valence-electron chi connectivity index (χ0n) is 11.0. The van der Waals surface area contributed by atoms with Crippen molar-refractivity contribution in [3.63, 3.8) is 0 Å². The number of aliphatic hydroxyl groups excluding tert-OH is 1. The van der Waals surface area contributed by atoms with Gasteiger partial charge in [0.05, 0.1) is 5.02 Å². The van der Waals surface area contributed by atoms with Gasteiger partial charge < -0.3 is 10.8 Å². The molecule has 5 nitrogen and oxygen atoms in total. The van der Waals surface area contributed by atoms with E-state index in [0.717, 1.165) is 0 Å². The summed E-state index contributed by atoms with van der Waals surface area (Å²) in [6.07, 6.45) is 0.371. The molecule has 0 fully saturated rings. The van der Waals surface area contributed by atoms with Crippen LogP contribution >= 0.6 is 23.8 Å². The van der Waals surface area contributed by atoms with Gasteiger partial charge in [-0.25, -0.2) is 8.42 Å². The van der Waals surface area contributed by atoms with E-state index in [1.165, 1.54) is 22.5 Å². The normalized spacial score (nSPS) is 11.8. The second kappa shape index (κ2) is 7.33. The Balaban J connectivity index is 3.17. The summed E-state index contributed by atoms with van der Waals surface area (Å²) in [4.78, 5) is 0.169. The lowest BCUT2D eigenvalue weighted by molar-refractivity contribution is 0.271. The minimum Gasteiger partial charge on any atom is -0.396 e. The molecule has 3 N–H and O–H groups in total. The number of sulfonamides is 1. The smallest absolute Gasteiger partial charge is 0.244 e. The Bertz CT molecular complexity index is 590. The van der Waals surface area contributed by atoms with Crippen molar-refractivity contribution >= 4 is 38.8 Å². The number of benzene rings is 1. The van der Waals surface area contributed by atoms with Crippen LogP contribution in [-0.2, 0) is 10.0 Å². The lowest BCUT2D eigenvalue weighted by atomic mass is 10.2. The Morgan fingerprint density at radius 1 is 1.50 bits per heavy atom. The number of hydrogen-bond donors (Lipinski definition) is 2. The predicted octanol–water partition coefficient (Wildman–Crippen LogP) is 1.37. The fraction of sp³-hybridized carbons (Fsp3) is 0.417. The number of hydrogen-bond acceptors (Lipinski definition) is 4. The number of halogens is 1. The Hall–Kier alpha value is -0.730. The average molecular weight is 337 g/mol. The van der Waals surface area contributed by atoms with Gasteiger partial charge in [-0.05, 0) is 18.6 Å². The summed E-state index contributed by atoms with van der Waals surface area (Å²) in [5.41, 5.74) is 5.99.